The van der Waals surface area contributed by atoms with Crippen LogP contribution >= 0.6 is 0 Å². The van der Waals surface area contributed by atoms with Crippen molar-refractivity contribution in [3.8, 4) is 12.3 Å². The summed E-state index contributed by atoms with van der Waals surface area (Å²) in [6, 6.07) is 0. The average molecular weight is 335 g/mol. The van der Waals surface area contributed by atoms with E-state index in [1.165, 1.54) is 12.8 Å². The van der Waals surface area contributed by atoms with Crippen LogP contribution in [0.15, 0.2) is 11.6 Å². The minimum absolute atomic E-state index is 0.234. The highest BCUT2D eigenvalue weighted by Gasteiger charge is 2.39. The van der Waals surface area contributed by atoms with Crippen LogP contribution in [-0.4, -0.2) is 14.9 Å². The highest BCUT2D eigenvalue weighted by molar-refractivity contribution is 6.74. The first kappa shape index (κ1) is 20.5. The maximum Gasteiger partial charge on any atom is 0.192 e. The maximum absolute atomic E-state index is 6.48. The minimum Gasteiger partial charge on any atom is -0.416 e. The van der Waals surface area contributed by atoms with Crippen molar-refractivity contribution in [3.63, 3.8) is 0 Å². The van der Waals surface area contributed by atoms with E-state index in [2.05, 4.69) is 66.6 Å². The molecule has 0 radical (unpaired) electrons. The molecule has 2 heteroatoms. The first-order valence-corrected chi connectivity index (χ1v) is 12.0. The van der Waals surface area contributed by atoms with E-state index in [0.29, 0.717) is 11.8 Å². The van der Waals surface area contributed by atoms with Crippen LogP contribution in [0.3, 0.4) is 0 Å². The van der Waals surface area contributed by atoms with Gasteiger partial charge in [-0.2, -0.15) is 0 Å². The van der Waals surface area contributed by atoms with E-state index in [4.69, 9.17) is 10.8 Å². The SMILES string of the molecule is C#CCC[C@H]1C[C@H](CC(C)(C)CO[Si](C)(C)C(C)(C)C)C=C1C. The van der Waals surface area contributed by atoms with Crippen LogP contribution in [0, 0.1) is 29.6 Å². The van der Waals surface area contributed by atoms with Gasteiger partial charge >= 0.3 is 0 Å². The topological polar surface area (TPSA) is 9.23 Å². The number of allylic oxidation sites excluding steroid dienone is 2. The van der Waals surface area contributed by atoms with Crippen LogP contribution in [-0.2, 0) is 4.43 Å². The molecule has 1 rings (SSSR count). The number of hydrogen-bond acceptors (Lipinski definition) is 1. The summed E-state index contributed by atoms with van der Waals surface area (Å²) in [5.74, 6) is 4.18. The molecule has 2 atom stereocenters. The molecule has 1 aliphatic rings. The fraction of sp³-hybridized carbons (Fsp3) is 0.810. The van der Waals surface area contributed by atoms with E-state index >= 15 is 0 Å². The Morgan fingerprint density at radius 1 is 1.26 bits per heavy atom. The van der Waals surface area contributed by atoms with Crippen LogP contribution in [0.5, 0.6) is 0 Å². The molecule has 0 heterocycles. The van der Waals surface area contributed by atoms with Gasteiger partial charge in [0, 0.05) is 13.0 Å². The molecule has 0 bridgehead atoms. The molecule has 1 aliphatic carbocycles. The zero-order chi connectivity index (χ0) is 17.9. The Morgan fingerprint density at radius 3 is 2.39 bits per heavy atom. The molecule has 132 valence electrons. The van der Waals surface area contributed by atoms with Gasteiger partial charge in [0.15, 0.2) is 8.32 Å². The molecule has 0 saturated carbocycles. The van der Waals surface area contributed by atoms with Gasteiger partial charge in [-0.3, -0.25) is 0 Å². The van der Waals surface area contributed by atoms with Crippen molar-refractivity contribution in [2.45, 2.75) is 85.4 Å². The van der Waals surface area contributed by atoms with Crippen LogP contribution in [0.2, 0.25) is 18.1 Å². The molecule has 0 fully saturated rings. The number of terminal acetylenes is 1. The fourth-order valence-corrected chi connectivity index (χ4v) is 4.42. The number of rotatable bonds is 7. The molecule has 0 saturated heterocycles. The quantitative estimate of drug-likeness (QED) is 0.296. The third-order valence-electron chi connectivity index (χ3n) is 5.81. The highest BCUT2D eigenvalue weighted by atomic mass is 28.4. The summed E-state index contributed by atoms with van der Waals surface area (Å²) in [6.07, 6.45) is 12.5. The summed E-state index contributed by atoms with van der Waals surface area (Å²) in [7, 11) is -1.65. The highest BCUT2D eigenvalue weighted by Crippen LogP contribution is 2.41. The number of hydrogen-bond donors (Lipinski definition) is 0. The van der Waals surface area contributed by atoms with Crippen LogP contribution in [0.25, 0.3) is 0 Å². The third kappa shape index (κ3) is 6.12. The first-order chi connectivity index (χ1) is 10.4. The molecule has 0 amide bonds. The average Bonchev–Trinajstić information content (AvgIpc) is 2.72. The van der Waals surface area contributed by atoms with E-state index < -0.39 is 8.32 Å². The van der Waals surface area contributed by atoms with Crippen molar-refractivity contribution in [3.05, 3.63) is 11.6 Å². The summed E-state index contributed by atoms with van der Waals surface area (Å²) >= 11 is 0. The molecule has 0 unspecified atom stereocenters. The molecule has 0 aromatic heterocycles. The van der Waals surface area contributed by atoms with Gasteiger partial charge in [-0.15, -0.1) is 12.3 Å². The normalized spacial score (nSPS) is 22.8. The Kier molecular flexibility index (Phi) is 6.76. The Bertz CT molecular complexity index is 459. The van der Waals surface area contributed by atoms with Gasteiger partial charge in [0.2, 0.25) is 0 Å². The molecular formula is C21H38OSi. The summed E-state index contributed by atoms with van der Waals surface area (Å²) in [5, 5.41) is 0.285. The van der Waals surface area contributed by atoms with Gasteiger partial charge in [0.05, 0.1) is 0 Å². The Labute approximate surface area is 146 Å². The van der Waals surface area contributed by atoms with Crippen LogP contribution < -0.4 is 0 Å². The van der Waals surface area contributed by atoms with Gasteiger partial charge in [0.25, 0.3) is 0 Å². The summed E-state index contributed by atoms with van der Waals surface area (Å²) < 4.78 is 6.48. The van der Waals surface area contributed by atoms with Crippen molar-refractivity contribution in [2.75, 3.05) is 6.61 Å². The van der Waals surface area contributed by atoms with E-state index in [1.54, 1.807) is 5.57 Å². The largest absolute Gasteiger partial charge is 0.416 e. The van der Waals surface area contributed by atoms with Crippen molar-refractivity contribution in [2.24, 2.45) is 17.3 Å². The fourth-order valence-electron chi connectivity index (χ4n) is 3.23. The van der Waals surface area contributed by atoms with Gasteiger partial charge in [-0.05, 0) is 61.6 Å². The van der Waals surface area contributed by atoms with Crippen molar-refractivity contribution < 1.29 is 4.43 Å². The van der Waals surface area contributed by atoms with Crippen LogP contribution in [0.1, 0.15) is 67.2 Å². The van der Waals surface area contributed by atoms with Crippen LogP contribution in [0.4, 0.5) is 0 Å². The molecule has 0 aromatic carbocycles. The monoisotopic (exact) mass is 334 g/mol. The summed E-state index contributed by atoms with van der Waals surface area (Å²) in [6.45, 7) is 19.5. The second-order valence-corrected chi connectivity index (χ2v) is 14.6. The predicted molar refractivity (Wildman–Crippen MR) is 105 cm³/mol. The van der Waals surface area contributed by atoms with Gasteiger partial charge in [-0.25, -0.2) is 0 Å². The van der Waals surface area contributed by atoms with E-state index in [0.717, 1.165) is 19.4 Å². The molecule has 0 spiro atoms. The molecule has 23 heavy (non-hydrogen) atoms. The van der Waals surface area contributed by atoms with E-state index in [1.807, 2.05) is 0 Å². The molecule has 1 nitrogen and oxygen atoms in total. The minimum atomic E-state index is -1.65. The van der Waals surface area contributed by atoms with Crippen molar-refractivity contribution in [1.29, 1.82) is 0 Å². The predicted octanol–water partition coefficient (Wildman–Crippen LogP) is 6.42. The second-order valence-electron chi connectivity index (χ2n) is 9.76. The van der Waals surface area contributed by atoms with Crippen molar-refractivity contribution >= 4 is 8.32 Å². The zero-order valence-corrected chi connectivity index (χ0v) is 17.8. The third-order valence-corrected chi connectivity index (χ3v) is 10.3. The standard InChI is InChI=1S/C21H38OSi/c1-10-11-12-19-14-18(13-17(19)2)15-21(6,7)16-22-23(8,9)20(3,4)5/h1,13,18-19H,11-12,14-16H2,2-9H3/t18-,19+/m1/s1. The molecule has 0 N–H and O–H groups in total. The van der Waals surface area contributed by atoms with Gasteiger partial charge in [0.1, 0.15) is 0 Å². The molecular weight excluding hydrogens is 296 g/mol. The Morgan fingerprint density at radius 2 is 1.87 bits per heavy atom. The van der Waals surface area contributed by atoms with E-state index in [9.17, 15) is 0 Å². The summed E-state index contributed by atoms with van der Waals surface area (Å²) in [4.78, 5) is 0. The molecule has 0 aliphatic heterocycles. The molecule has 0 aromatic rings. The smallest absolute Gasteiger partial charge is 0.192 e. The lowest BCUT2D eigenvalue weighted by atomic mass is 9.82. The lowest BCUT2D eigenvalue weighted by Crippen LogP contribution is -2.43. The Balaban J connectivity index is 2.55. The van der Waals surface area contributed by atoms with E-state index in [-0.39, 0.29) is 10.5 Å². The first-order valence-electron chi connectivity index (χ1n) is 9.14. The maximum atomic E-state index is 6.48. The Hall–Kier alpha value is -0.523. The lowest BCUT2D eigenvalue weighted by Gasteiger charge is -2.39. The lowest BCUT2D eigenvalue weighted by molar-refractivity contribution is 0.141. The van der Waals surface area contributed by atoms with Gasteiger partial charge < -0.3 is 4.43 Å². The van der Waals surface area contributed by atoms with Gasteiger partial charge in [-0.1, -0.05) is 46.3 Å². The second kappa shape index (κ2) is 7.58. The summed E-state index contributed by atoms with van der Waals surface area (Å²) in [5.41, 5.74) is 1.78. The van der Waals surface area contributed by atoms with Crippen molar-refractivity contribution in [1.82, 2.24) is 0 Å². The zero-order valence-electron chi connectivity index (χ0n) is 16.8.